The monoisotopic (exact) mass is 268 g/mol. The summed E-state index contributed by atoms with van der Waals surface area (Å²) >= 11 is 1.73. The van der Waals surface area contributed by atoms with Crippen LogP contribution in [0.1, 0.15) is 26.5 Å². The van der Waals surface area contributed by atoms with E-state index in [0.717, 1.165) is 23.7 Å². The van der Waals surface area contributed by atoms with E-state index in [2.05, 4.69) is 41.6 Å². The molecule has 0 aromatic carbocycles. The summed E-state index contributed by atoms with van der Waals surface area (Å²) in [7, 11) is 0. The highest BCUT2D eigenvalue weighted by atomic mass is 32.2. The number of hydrogen-bond donors (Lipinski definition) is 3. The fourth-order valence-corrected chi connectivity index (χ4v) is 2.81. The van der Waals surface area contributed by atoms with Crippen molar-refractivity contribution < 1.29 is 4.79 Å². The fourth-order valence-electron chi connectivity index (χ4n) is 1.86. The maximum atomic E-state index is 11.9. The second kappa shape index (κ2) is 5.32. The van der Waals surface area contributed by atoms with E-state index in [0.29, 0.717) is 5.82 Å². The number of hydrogen-bond acceptors (Lipinski definition) is 4. The molecular weight excluding hydrogens is 248 g/mol. The summed E-state index contributed by atoms with van der Waals surface area (Å²) in [5.74, 6) is 2.27. The van der Waals surface area contributed by atoms with E-state index in [-0.39, 0.29) is 17.4 Å². The Morgan fingerprint density at radius 1 is 1.61 bits per heavy atom. The van der Waals surface area contributed by atoms with Gasteiger partial charge < -0.3 is 5.32 Å². The van der Waals surface area contributed by atoms with Crippen LogP contribution < -0.4 is 10.6 Å². The maximum Gasteiger partial charge on any atom is 0.243 e. The van der Waals surface area contributed by atoms with E-state index in [9.17, 15) is 4.79 Å². The molecule has 2 heterocycles. The van der Waals surface area contributed by atoms with Gasteiger partial charge in [-0.25, -0.2) is 0 Å². The molecule has 0 saturated carbocycles. The predicted octanol–water partition coefficient (Wildman–Crippen LogP) is 1.60. The van der Waals surface area contributed by atoms with Crippen LogP contribution in [-0.4, -0.2) is 33.8 Å². The molecule has 0 spiro atoms. The summed E-state index contributed by atoms with van der Waals surface area (Å²) in [5, 5.41) is 13.1. The Labute approximate surface area is 111 Å². The van der Waals surface area contributed by atoms with E-state index < -0.39 is 0 Å². The van der Waals surface area contributed by atoms with Crippen molar-refractivity contribution in [2.45, 2.75) is 33.2 Å². The normalized spacial score (nSPS) is 20.1. The molecule has 5 nitrogen and oxygen atoms in total. The number of carbonyl (C=O) groups excluding carboxylic acids is 1. The van der Waals surface area contributed by atoms with Gasteiger partial charge in [-0.3, -0.25) is 15.2 Å². The first-order valence-corrected chi connectivity index (χ1v) is 7.26. The van der Waals surface area contributed by atoms with Gasteiger partial charge in [0.25, 0.3) is 0 Å². The number of H-pyrrole nitrogens is 1. The summed E-state index contributed by atoms with van der Waals surface area (Å²) in [6.45, 7) is 6.52. The van der Waals surface area contributed by atoms with E-state index in [1.807, 2.05) is 6.07 Å². The average molecular weight is 268 g/mol. The predicted molar refractivity (Wildman–Crippen MR) is 74.6 cm³/mol. The molecule has 1 amide bonds. The van der Waals surface area contributed by atoms with Crippen molar-refractivity contribution in [1.29, 1.82) is 0 Å². The Balaban J connectivity index is 1.92. The minimum Gasteiger partial charge on any atom is -0.308 e. The van der Waals surface area contributed by atoms with Crippen LogP contribution >= 0.6 is 11.8 Å². The largest absolute Gasteiger partial charge is 0.308 e. The van der Waals surface area contributed by atoms with Gasteiger partial charge in [0.1, 0.15) is 0 Å². The summed E-state index contributed by atoms with van der Waals surface area (Å²) < 4.78 is 0. The molecule has 3 N–H and O–H groups in total. The second-order valence-corrected chi connectivity index (χ2v) is 6.81. The van der Waals surface area contributed by atoms with Gasteiger partial charge >= 0.3 is 0 Å². The Morgan fingerprint density at radius 3 is 3.00 bits per heavy atom. The Morgan fingerprint density at radius 2 is 2.39 bits per heavy atom. The fraction of sp³-hybridized carbons (Fsp3) is 0.667. The van der Waals surface area contributed by atoms with Gasteiger partial charge in [-0.05, 0) is 11.8 Å². The zero-order valence-corrected chi connectivity index (χ0v) is 11.9. The topological polar surface area (TPSA) is 69.8 Å². The molecule has 18 heavy (non-hydrogen) atoms. The summed E-state index contributed by atoms with van der Waals surface area (Å²) in [6, 6.07) is 1.81. The molecule has 1 atom stereocenters. The molecule has 100 valence electrons. The molecule has 1 fully saturated rings. The van der Waals surface area contributed by atoms with Gasteiger partial charge in [-0.15, -0.1) is 11.8 Å². The summed E-state index contributed by atoms with van der Waals surface area (Å²) in [4.78, 5) is 11.9. The third-order valence-corrected chi connectivity index (χ3v) is 3.58. The number of amides is 1. The summed E-state index contributed by atoms with van der Waals surface area (Å²) in [5.41, 5.74) is 1.25. The zero-order chi connectivity index (χ0) is 13.2. The molecule has 1 saturated heterocycles. The van der Waals surface area contributed by atoms with Gasteiger partial charge in [0, 0.05) is 23.4 Å². The van der Waals surface area contributed by atoms with Gasteiger partial charge in [0.15, 0.2) is 5.82 Å². The number of anilines is 1. The van der Waals surface area contributed by atoms with Crippen LogP contribution in [0.2, 0.25) is 0 Å². The molecule has 1 aromatic rings. The number of aromatic amines is 1. The lowest BCUT2D eigenvalue weighted by Crippen LogP contribution is -2.37. The van der Waals surface area contributed by atoms with E-state index >= 15 is 0 Å². The summed E-state index contributed by atoms with van der Waals surface area (Å²) in [6.07, 6.45) is 0.910. The minimum absolute atomic E-state index is 0.00573. The first kappa shape index (κ1) is 13.4. The van der Waals surface area contributed by atoms with E-state index in [1.54, 1.807) is 11.8 Å². The molecule has 0 radical (unpaired) electrons. The number of aromatic nitrogens is 2. The first-order chi connectivity index (χ1) is 8.44. The van der Waals surface area contributed by atoms with Crippen molar-refractivity contribution in [1.82, 2.24) is 15.5 Å². The van der Waals surface area contributed by atoms with Crippen LogP contribution in [0.15, 0.2) is 6.07 Å². The smallest absolute Gasteiger partial charge is 0.243 e. The maximum absolute atomic E-state index is 11.9. The van der Waals surface area contributed by atoms with Crippen LogP contribution in [0.5, 0.6) is 0 Å². The zero-order valence-electron chi connectivity index (χ0n) is 11.0. The number of rotatable bonds is 3. The minimum atomic E-state index is -0.0993. The molecule has 0 aliphatic carbocycles. The van der Waals surface area contributed by atoms with Crippen molar-refractivity contribution in [3.05, 3.63) is 11.8 Å². The van der Waals surface area contributed by atoms with Crippen LogP contribution in [0.4, 0.5) is 5.82 Å². The molecule has 1 aliphatic heterocycles. The number of thioether (sulfide) groups is 1. The molecular formula is C12H20N4OS. The van der Waals surface area contributed by atoms with Gasteiger partial charge in [-0.1, -0.05) is 20.8 Å². The Hall–Kier alpha value is -1.01. The highest BCUT2D eigenvalue weighted by Gasteiger charge is 2.23. The van der Waals surface area contributed by atoms with Crippen LogP contribution in [0.25, 0.3) is 0 Å². The molecule has 1 unspecified atom stereocenters. The van der Waals surface area contributed by atoms with Gasteiger partial charge in [-0.2, -0.15) is 5.10 Å². The van der Waals surface area contributed by atoms with Gasteiger partial charge in [0.2, 0.25) is 5.91 Å². The lowest BCUT2D eigenvalue weighted by molar-refractivity contribution is -0.117. The SMILES string of the molecule is CC(C)(C)Cc1cc(NC(=O)C2CSCN2)n[nH]1. The average Bonchev–Trinajstić information content (AvgIpc) is 2.86. The molecule has 6 heteroatoms. The van der Waals surface area contributed by atoms with Crippen LogP contribution in [0, 0.1) is 5.41 Å². The van der Waals surface area contributed by atoms with Crippen molar-refractivity contribution in [3.63, 3.8) is 0 Å². The number of carbonyl (C=O) groups is 1. The third-order valence-electron chi connectivity index (χ3n) is 2.64. The molecule has 2 rings (SSSR count). The van der Waals surface area contributed by atoms with Crippen LogP contribution in [-0.2, 0) is 11.2 Å². The first-order valence-electron chi connectivity index (χ1n) is 6.10. The molecule has 1 aliphatic rings. The number of nitrogens with zero attached hydrogens (tertiary/aromatic N) is 1. The highest BCUT2D eigenvalue weighted by Crippen LogP contribution is 2.20. The van der Waals surface area contributed by atoms with Crippen molar-refractivity contribution in [2.75, 3.05) is 16.9 Å². The quantitative estimate of drug-likeness (QED) is 0.779. The lowest BCUT2D eigenvalue weighted by atomic mass is 9.91. The third kappa shape index (κ3) is 3.74. The van der Waals surface area contributed by atoms with E-state index in [4.69, 9.17) is 0 Å². The standard InChI is InChI=1S/C12H20N4OS/c1-12(2,3)5-8-4-10(16-15-8)14-11(17)9-6-18-7-13-9/h4,9,13H,5-7H2,1-3H3,(H2,14,15,16,17). The van der Waals surface area contributed by atoms with Crippen molar-refractivity contribution in [2.24, 2.45) is 5.41 Å². The number of nitrogens with one attached hydrogen (secondary N) is 3. The Bertz CT molecular complexity index is 418. The second-order valence-electron chi connectivity index (χ2n) is 5.78. The Kier molecular flexibility index (Phi) is 3.97. The molecule has 0 bridgehead atoms. The lowest BCUT2D eigenvalue weighted by Gasteiger charge is -2.15. The van der Waals surface area contributed by atoms with E-state index in [1.165, 1.54) is 0 Å². The highest BCUT2D eigenvalue weighted by molar-refractivity contribution is 7.99. The van der Waals surface area contributed by atoms with Crippen molar-refractivity contribution in [3.8, 4) is 0 Å². The van der Waals surface area contributed by atoms with Gasteiger partial charge in [0.05, 0.1) is 6.04 Å². The van der Waals surface area contributed by atoms with Crippen molar-refractivity contribution >= 4 is 23.5 Å². The molecule has 1 aromatic heterocycles. The van der Waals surface area contributed by atoms with Crippen LogP contribution in [0.3, 0.4) is 0 Å².